The molecule has 1 fully saturated rings. The Bertz CT molecular complexity index is 1480. The van der Waals surface area contributed by atoms with Gasteiger partial charge in [-0.2, -0.15) is 0 Å². The number of pyridine rings is 1. The van der Waals surface area contributed by atoms with Crippen molar-refractivity contribution in [2.75, 3.05) is 28.0 Å². The van der Waals surface area contributed by atoms with E-state index in [-0.39, 0.29) is 29.7 Å². The number of ether oxygens (including phenoxy) is 1. The Hall–Kier alpha value is -3.34. The average molecular weight is 558 g/mol. The molecule has 8 nitrogen and oxygen atoms in total. The third kappa shape index (κ3) is 5.54. The van der Waals surface area contributed by atoms with Gasteiger partial charge in [0.1, 0.15) is 17.1 Å². The van der Waals surface area contributed by atoms with Crippen LogP contribution < -0.4 is 13.9 Å². The second kappa shape index (κ2) is 10.3. The molecule has 0 amide bonds. The van der Waals surface area contributed by atoms with Crippen molar-refractivity contribution in [3.05, 3.63) is 59.8 Å². The van der Waals surface area contributed by atoms with Crippen LogP contribution in [0.3, 0.4) is 0 Å². The zero-order chi connectivity index (χ0) is 27.9. The molecule has 1 atom stereocenters. The molecule has 0 bridgehead atoms. The predicted octanol–water partition coefficient (Wildman–Crippen LogP) is 5.11. The molecular weight excluding hydrogens is 524 g/mol. The van der Waals surface area contributed by atoms with Crippen LogP contribution in [0.1, 0.15) is 58.5 Å². The number of hydrogen-bond donors (Lipinski definition) is 0. The molecule has 1 aromatic carbocycles. The molecule has 0 N–H and O–H groups in total. The minimum absolute atomic E-state index is 0.00772. The number of sulfonamides is 1. The first kappa shape index (κ1) is 27.2. The number of aromatic nitrogens is 3. The summed E-state index contributed by atoms with van der Waals surface area (Å²) in [6.45, 7) is 8.97. The molecule has 2 aromatic heterocycles. The maximum absolute atomic E-state index is 15.4. The lowest BCUT2D eigenvalue weighted by Crippen LogP contribution is -2.50. The number of hydrogen-bond acceptors (Lipinski definition) is 7. The van der Waals surface area contributed by atoms with Crippen LogP contribution in [-0.4, -0.2) is 53.9 Å². The van der Waals surface area contributed by atoms with Crippen molar-refractivity contribution in [2.45, 2.75) is 65.0 Å². The van der Waals surface area contributed by atoms with Crippen LogP contribution in [0.25, 0.3) is 11.3 Å². The van der Waals surface area contributed by atoms with Crippen LogP contribution in [0.4, 0.5) is 20.2 Å². The molecular formula is C28H33F2N5O3S. The van der Waals surface area contributed by atoms with Gasteiger partial charge in [-0.1, -0.05) is 6.92 Å². The first-order valence-corrected chi connectivity index (χ1v) is 14.8. The molecule has 3 aromatic rings. The van der Waals surface area contributed by atoms with Gasteiger partial charge < -0.3 is 9.64 Å². The Labute approximate surface area is 228 Å². The maximum atomic E-state index is 15.4. The lowest BCUT2D eigenvalue weighted by atomic mass is 10.00. The van der Waals surface area contributed by atoms with Crippen molar-refractivity contribution in [1.29, 1.82) is 0 Å². The van der Waals surface area contributed by atoms with Crippen molar-refractivity contribution >= 4 is 21.4 Å². The lowest BCUT2D eigenvalue weighted by Gasteiger charge is -2.44. The molecule has 5 rings (SSSR count). The summed E-state index contributed by atoms with van der Waals surface area (Å²) >= 11 is 0. The highest BCUT2D eigenvalue weighted by Gasteiger charge is 2.36. The van der Waals surface area contributed by atoms with E-state index >= 15 is 4.39 Å². The van der Waals surface area contributed by atoms with Gasteiger partial charge in [0, 0.05) is 23.8 Å². The topological polar surface area (TPSA) is 88.5 Å². The fraction of sp³-hybridized carbons (Fsp3) is 0.464. The number of benzene rings is 1. The van der Waals surface area contributed by atoms with E-state index in [2.05, 4.69) is 33.7 Å². The van der Waals surface area contributed by atoms with Gasteiger partial charge in [0.15, 0.2) is 17.4 Å². The molecule has 0 aliphatic carbocycles. The molecule has 0 saturated carbocycles. The zero-order valence-electron chi connectivity index (χ0n) is 22.6. The van der Waals surface area contributed by atoms with Gasteiger partial charge in [0.05, 0.1) is 42.5 Å². The number of rotatable bonds is 6. The number of nitrogens with zero attached hydrogens (tertiary/aromatic N) is 5. The predicted molar refractivity (Wildman–Crippen MR) is 147 cm³/mol. The summed E-state index contributed by atoms with van der Waals surface area (Å²) in [5, 5.41) is 0. The van der Waals surface area contributed by atoms with E-state index in [0.717, 1.165) is 19.0 Å². The van der Waals surface area contributed by atoms with Crippen molar-refractivity contribution in [3.63, 3.8) is 0 Å². The van der Waals surface area contributed by atoms with E-state index < -0.39 is 27.3 Å². The van der Waals surface area contributed by atoms with Crippen molar-refractivity contribution in [3.8, 4) is 17.0 Å². The van der Waals surface area contributed by atoms with Crippen molar-refractivity contribution in [2.24, 2.45) is 0 Å². The summed E-state index contributed by atoms with van der Waals surface area (Å²) in [6.07, 6.45) is 5.11. The third-order valence-electron chi connectivity index (χ3n) is 7.24. The molecule has 11 heteroatoms. The Kier molecular flexibility index (Phi) is 7.21. The van der Waals surface area contributed by atoms with Crippen LogP contribution in [0.2, 0.25) is 0 Å². The normalized spacial score (nSPS) is 18.8. The summed E-state index contributed by atoms with van der Waals surface area (Å²) < 4.78 is 62.5. The van der Waals surface area contributed by atoms with E-state index in [0.29, 0.717) is 48.0 Å². The summed E-state index contributed by atoms with van der Waals surface area (Å²) in [4.78, 5) is 15.0. The molecule has 1 unspecified atom stereocenters. The monoisotopic (exact) mass is 557 g/mol. The van der Waals surface area contributed by atoms with Crippen LogP contribution in [-0.2, 0) is 16.4 Å². The minimum Gasteiger partial charge on any atom is -0.481 e. The summed E-state index contributed by atoms with van der Waals surface area (Å²) in [6, 6.07) is 6.52. The first-order chi connectivity index (χ1) is 18.5. The van der Waals surface area contributed by atoms with Gasteiger partial charge in [0.2, 0.25) is 10.0 Å². The SMILES string of the molecule is CCC(C)N1CC(C)(C)Oc2c(F)cc(-c3nc(Cc4ccc(N5CCCCS5(=O)=O)cn4)ncc3F)cc21. The van der Waals surface area contributed by atoms with E-state index in [4.69, 9.17) is 4.74 Å². The average Bonchev–Trinajstić information content (AvgIpc) is 2.89. The van der Waals surface area contributed by atoms with Gasteiger partial charge in [0.25, 0.3) is 0 Å². The van der Waals surface area contributed by atoms with Crippen molar-refractivity contribution in [1.82, 2.24) is 15.0 Å². The summed E-state index contributed by atoms with van der Waals surface area (Å²) in [7, 11) is -3.33. The number of fused-ring (bicyclic) bond motifs is 1. The van der Waals surface area contributed by atoms with Crippen LogP contribution in [0.15, 0.2) is 36.7 Å². The largest absolute Gasteiger partial charge is 0.481 e. The van der Waals surface area contributed by atoms with Gasteiger partial charge in [-0.25, -0.2) is 27.2 Å². The lowest BCUT2D eigenvalue weighted by molar-refractivity contribution is 0.0960. The Balaban J connectivity index is 1.44. The first-order valence-electron chi connectivity index (χ1n) is 13.2. The standard InChI is InChI=1S/C28H33F2N5O3S/c1-5-18(2)34-17-28(3,4)38-27-22(29)12-19(13-24(27)34)26-23(30)16-32-25(33-26)14-20-8-9-21(15-31-20)35-10-6-7-11-39(35,36)37/h8-9,12-13,15-16,18H,5-7,10-11,14,17H2,1-4H3. The molecule has 0 radical (unpaired) electrons. The second-order valence-electron chi connectivity index (χ2n) is 10.8. The maximum Gasteiger partial charge on any atom is 0.235 e. The highest BCUT2D eigenvalue weighted by Crippen LogP contribution is 2.43. The molecule has 0 spiro atoms. The summed E-state index contributed by atoms with van der Waals surface area (Å²) in [5.41, 5.74) is 1.39. The quantitative estimate of drug-likeness (QED) is 0.416. The Morgan fingerprint density at radius 2 is 1.90 bits per heavy atom. The molecule has 2 aliphatic rings. The second-order valence-corrected chi connectivity index (χ2v) is 12.8. The molecule has 2 aliphatic heterocycles. The van der Waals surface area contributed by atoms with E-state index in [1.54, 1.807) is 18.2 Å². The van der Waals surface area contributed by atoms with E-state index in [9.17, 15) is 12.8 Å². The van der Waals surface area contributed by atoms with Gasteiger partial charge in [-0.3, -0.25) is 9.29 Å². The van der Waals surface area contributed by atoms with Gasteiger partial charge in [-0.05, 0) is 64.3 Å². The minimum atomic E-state index is -3.33. The van der Waals surface area contributed by atoms with E-state index in [1.165, 1.54) is 16.6 Å². The van der Waals surface area contributed by atoms with Crippen LogP contribution in [0, 0.1) is 11.6 Å². The number of anilines is 2. The van der Waals surface area contributed by atoms with E-state index in [1.807, 2.05) is 13.8 Å². The van der Waals surface area contributed by atoms with Crippen LogP contribution in [0.5, 0.6) is 5.75 Å². The van der Waals surface area contributed by atoms with Crippen molar-refractivity contribution < 1.29 is 21.9 Å². The molecule has 39 heavy (non-hydrogen) atoms. The third-order valence-corrected chi connectivity index (χ3v) is 9.11. The Morgan fingerprint density at radius 1 is 1.10 bits per heavy atom. The molecule has 4 heterocycles. The highest BCUT2D eigenvalue weighted by atomic mass is 32.2. The smallest absolute Gasteiger partial charge is 0.235 e. The highest BCUT2D eigenvalue weighted by molar-refractivity contribution is 7.92. The fourth-order valence-corrected chi connectivity index (χ4v) is 6.67. The van der Waals surface area contributed by atoms with Gasteiger partial charge in [-0.15, -0.1) is 0 Å². The summed E-state index contributed by atoms with van der Waals surface area (Å²) in [5.74, 6) is -0.642. The number of halogens is 2. The molecule has 1 saturated heterocycles. The Morgan fingerprint density at radius 3 is 2.59 bits per heavy atom. The van der Waals surface area contributed by atoms with Gasteiger partial charge >= 0.3 is 0 Å². The fourth-order valence-electron chi connectivity index (χ4n) is 5.05. The van der Waals surface area contributed by atoms with Crippen LogP contribution >= 0.6 is 0 Å². The molecule has 208 valence electrons. The zero-order valence-corrected chi connectivity index (χ0v) is 23.4.